The topological polar surface area (TPSA) is 55.8 Å². The van der Waals surface area contributed by atoms with Crippen molar-refractivity contribution < 1.29 is 19.1 Å². The van der Waals surface area contributed by atoms with Gasteiger partial charge in [-0.25, -0.2) is 0 Å². The Hall–Kier alpha value is -2.04. The van der Waals surface area contributed by atoms with Gasteiger partial charge in [0.15, 0.2) is 6.61 Å². The Labute approximate surface area is 138 Å². The highest BCUT2D eigenvalue weighted by Crippen LogP contribution is 2.20. The number of esters is 1. The van der Waals surface area contributed by atoms with Crippen LogP contribution in [0.5, 0.6) is 5.75 Å². The zero-order chi connectivity index (χ0) is 17.2. The molecule has 0 atom stereocenters. The van der Waals surface area contributed by atoms with E-state index in [0.29, 0.717) is 13.1 Å². The maximum absolute atomic E-state index is 12.4. The molecular weight excluding hydrogens is 294 g/mol. The van der Waals surface area contributed by atoms with E-state index in [-0.39, 0.29) is 24.9 Å². The molecule has 0 aliphatic rings. The van der Waals surface area contributed by atoms with Gasteiger partial charge < -0.3 is 14.4 Å². The van der Waals surface area contributed by atoms with Gasteiger partial charge in [0.25, 0.3) is 5.91 Å². The quantitative estimate of drug-likeness (QED) is 0.656. The Morgan fingerprint density at radius 2 is 1.91 bits per heavy atom. The Morgan fingerprint density at radius 1 is 1.17 bits per heavy atom. The van der Waals surface area contributed by atoms with E-state index in [9.17, 15) is 9.59 Å². The maximum Gasteiger partial charge on any atom is 0.307 e. The zero-order valence-corrected chi connectivity index (χ0v) is 14.6. The molecule has 0 aromatic heterocycles. The molecule has 0 radical (unpaired) electrons. The third-order valence-electron chi connectivity index (χ3n) is 3.85. The summed E-state index contributed by atoms with van der Waals surface area (Å²) in [5.41, 5.74) is 2.17. The van der Waals surface area contributed by atoms with Crippen molar-refractivity contribution in [2.45, 2.75) is 40.0 Å². The monoisotopic (exact) mass is 321 g/mol. The fourth-order valence-corrected chi connectivity index (χ4v) is 2.15. The first-order valence-corrected chi connectivity index (χ1v) is 8.03. The Morgan fingerprint density at radius 3 is 2.57 bits per heavy atom. The number of nitrogens with zero attached hydrogens (tertiary/aromatic N) is 1. The van der Waals surface area contributed by atoms with Crippen molar-refractivity contribution in [3.8, 4) is 5.75 Å². The molecule has 0 saturated carbocycles. The first-order chi connectivity index (χ1) is 11.0. The van der Waals surface area contributed by atoms with E-state index in [2.05, 4.69) is 11.7 Å². The van der Waals surface area contributed by atoms with Crippen molar-refractivity contribution >= 4 is 11.9 Å². The highest BCUT2D eigenvalue weighted by molar-refractivity contribution is 5.78. The van der Waals surface area contributed by atoms with Crippen molar-refractivity contribution in [3.05, 3.63) is 29.3 Å². The molecule has 1 rings (SSSR count). The van der Waals surface area contributed by atoms with Gasteiger partial charge in [0.1, 0.15) is 5.75 Å². The van der Waals surface area contributed by atoms with E-state index >= 15 is 0 Å². The van der Waals surface area contributed by atoms with E-state index in [1.807, 2.05) is 32.0 Å². The summed E-state index contributed by atoms with van der Waals surface area (Å²) in [6.07, 6.45) is 2.09. The lowest BCUT2D eigenvalue weighted by atomic mass is 10.1. The van der Waals surface area contributed by atoms with Crippen LogP contribution in [-0.4, -0.2) is 43.6 Å². The number of aryl methyl sites for hydroxylation is 1. The third kappa shape index (κ3) is 6.30. The van der Waals surface area contributed by atoms with Crippen LogP contribution in [0.15, 0.2) is 18.2 Å². The predicted molar refractivity (Wildman–Crippen MR) is 89.5 cm³/mol. The van der Waals surface area contributed by atoms with Crippen molar-refractivity contribution in [2.24, 2.45) is 0 Å². The molecular formula is C18H27NO4. The van der Waals surface area contributed by atoms with Crippen molar-refractivity contribution in [2.75, 3.05) is 26.8 Å². The Kier molecular flexibility index (Phi) is 8.16. The SMILES string of the molecule is CCCCN(CCC(=O)OC)C(=O)COc1cccc(C)c1C. The number of methoxy groups -OCH3 is 1. The molecule has 0 heterocycles. The predicted octanol–water partition coefficient (Wildman–Crippen LogP) is 2.87. The highest BCUT2D eigenvalue weighted by Gasteiger charge is 2.16. The molecule has 0 saturated heterocycles. The number of hydrogen-bond acceptors (Lipinski definition) is 4. The van der Waals surface area contributed by atoms with E-state index < -0.39 is 0 Å². The van der Waals surface area contributed by atoms with Gasteiger partial charge in [-0.15, -0.1) is 0 Å². The first-order valence-electron chi connectivity index (χ1n) is 8.03. The van der Waals surface area contributed by atoms with Crippen LogP contribution in [0.1, 0.15) is 37.3 Å². The van der Waals surface area contributed by atoms with Crippen LogP contribution in [0.25, 0.3) is 0 Å². The lowest BCUT2D eigenvalue weighted by Gasteiger charge is -2.22. The molecule has 0 fully saturated rings. The molecule has 1 amide bonds. The van der Waals surface area contributed by atoms with Gasteiger partial charge >= 0.3 is 5.97 Å². The number of carbonyl (C=O) groups is 2. The largest absolute Gasteiger partial charge is 0.483 e. The standard InChI is InChI=1S/C18H27NO4/c1-5-6-11-19(12-10-18(21)22-4)17(20)13-23-16-9-7-8-14(2)15(16)3/h7-9H,5-6,10-13H2,1-4H3. The number of unbranched alkanes of at least 4 members (excludes halogenated alkanes) is 1. The van der Waals surface area contributed by atoms with Crippen molar-refractivity contribution in [1.82, 2.24) is 4.90 Å². The molecule has 1 aromatic carbocycles. The summed E-state index contributed by atoms with van der Waals surface area (Å²) in [6.45, 7) is 7.02. The van der Waals surface area contributed by atoms with Gasteiger partial charge in [-0.1, -0.05) is 25.5 Å². The van der Waals surface area contributed by atoms with Crippen molar-refractivity contribution in [1.29, 1.82) is 0 Å². The molecule has 0 spiro atoms. The van der Waals surface area contributed by atoms with E-state index in [0.717, 1.165) is 29.7 Å². The fourth-order valence-electron chi connectivity index (χ4n) is 2.15. The molecule has 0 aliphatic heterocycles. The summed E-state index contributed by atoms with van der Waals surface area (Å²) in [6, 6.07) is 5.78. The van der Waals surface area contributed by atoms with Crippen LogP contribution in [0.4, 0.5) is 0 Å². The summed E-state index contributed by atoms with van der Waals surface area (Å²) in [7, 11) is 1.35. The zero-order valence-electron chi connectivity index (χ0n) is 14.6. The number of amides is 1. The summed E-state index contributed by atoms with van der Waals surface area (Å²) in [5, 5.41) is 0. The minimum absolute atomic E-state index is 0.0187. The van der Waals surface area contributed by atoms with Crippen LogP contribution in [0, 0.1) is 13.8 Å². The van der Waals surface area contributed by atoms with E-state index in [4.69, 9.17) is 4.74 Å². The molecule has 0 aliphatic carbocycles. The number of carbonyl (C=O) groups excluding carboxylic acids is 2. The second-order valence-electron chi connectivity index (χ2n) is 5.55. The second kappa shape index (κ2) is 9.87. The smallest absolute Gasteiger partial charge is 0.307 e. The normalized spacial score (nSPS) is 10.3. The maximum atomic E-state index is 12.4. The number of rotatable bonds is 9. The molecule has 0 unspecified atom stereocenters. The summed E-state index contributed by atoms with van der Waals surface area (Å²) in [5.74, 6) is 0.305. The molecule has 5 heteroatoms. The van der Waals surface area contributed by atoms with Crippen LogP contribution in [0.3, 0.4) is 0 Å². The van der Waals surface area contributed by atoms with Gasteiger partial charge in [0, 0.05) is 13.1 Å². The second-order valence-corrected chi connectivity index (χ2v) is 5.55. The average molecular weight is 321 g/mol. The summed E-state index contributed by atoms with van der Waals surface area (Å²) >= 11 is 0. The average Bonchev–Trinajstić information content (AvgIpc) is 2.55. The van der Waals surface area contributed by atoms with Gasteiger partial charge in [-0.3, -0.25) is 9.59 Å². The lowest BCUT2D eigenvalue weighted by molar-refractivity contribution is -0.142. The molecule has 23 heavy (non-hydrogen) atoms. The van der Waals surface area contributed by atoms with Gasteiger partial charge in [0.05, 0.1) is 13.5 Å². The third-order valence-corrected chi connectivity index (χ3v) is 3.85. The van der Waals surface area contributed by atoms with Gasteiger partial charge in [-0.05, 0) is 37.5 Å². The summed E-state index contributed by atoms with van der Waals surface area (Å²) < 4.78 is 10.3. The van der Waals surface area contributed by atoms with Gasteiger partial charge in [-0.2, -0.15) is 0 Å². The molecule has 0 N–H and O–H groups in total. The van der Waals surface area contributed by atoms with Crippen LogP contribution >= 0.6 is 0 Å². The minimum atomic E-state index is -0.310. The Balaban J connectivity index is 2.61. The molecule has 128 valence electrons. The van der Waals surface area contributed by atoms with Gasteiger partial charge in [0.2, 0.25) is 0 Å². The van der Waals surface area contributed by atoms with E-state index in [1.54, 1.807) is 4.90 Å². The van der Waals surface area contributed by atoms with E-state index in [1.165, 1.54) is 7.11 Å². The molecule has 1 aromatic rings. The molecule has 5 nitrogen and oxygen atoms in total. The number of hydrogen-bond donors (Lipinski definition) is 0. The number of ether oxygens (including phenoxy) is 2. The van der Waals surface area contributed by atoms with Crippen LogP contribution in [-0.2, 0) is 14.3 Å². The number of benzene rings is 1. The van der Waals surface area contributed by atoms with Crippen LogP contribution < -0.4 is 4.74 Å². The fraction of sp³-hybridized carbons (Fsp3) is 0.556. The lowest BCUT2D eigenvalue weighted by Crippen LogP contribution is -2.37. The van der Waals surface area contributed by atoms with Crippen molar-refractivity contribution in [3.63, 3.8) is 0 Å². The first kappa shape index (κ1) is 19.0. The summed E-state index contributed by atoms with van der Waals surface area (Å²) in [4.78, 5) is 25.3. The molecule has 0 bridgehead atoms. The Bertz CT molecular complexity index is 528. The minimum Gasteiger partial charge on any atom is -0.483 e. The van der Waals surface area contributed by atoms with Crippen LogP contribution in [0.2, 0.25) is 0 Å². The highest BCUT2D eigenvalue weighted by atomic mass is 16.5.